The standard InChI is InChI=1S/C17H14ClN3O3/c1-23-12-8-6-11(7-9-12)17-21-20-15(24-17)10-19-16(22)13-4-2-3-5-14(13)18/h2-9H,10H2,1H3,(H,19,22). The monoisotopic (exact) mass is 343 g/mol. The van der Waals surface area contributed by atoms with Crippen LogP contribution in [0.4, 0.5) is 0 Å². The first kappa shape index (κ1) is 16.0. The van der Waals surface area contributed by atoms with Crippen molar-refractivity contribution in [2.24, 2.45) is 0 Å². The van der Waals surface area contributed by atoms with Crippen molar-refractivity contribution >= 4 is 17.5 Å². The molecule has 0 spiro atoms. The number of methoxy groups -OCH3 is 1. The number of aromatic nitrogens is 2. The molecular weight excluding hydrogens is 330 g/mol. The van der Waals surface area contributed by atoms with Gasteiger partial charge in [0, 0.05) is 5.56 Å². The summed E-state index contributed by atoms with van der Waals surface area (Å²) in [5.41, 5.74) is 1.17. The van der Waals surface area contributed by atoms with Crippen LogP contribution in [-0.2, 0) is 6.54 Å². The molecule has 3 aromatic rings. The molecule has 122 valence electrons. The third-order valence-electron chi connectivity index (χ3n) is 3.32. The molecule has 24 heavy (non-hydrogen) atoms. The summed E-state index contributed by atoms with van der Waals surface area (Å²) in [6.07, 6.45) is 0. The lowest BCUT2D eigenvalue weighted by Gasteiger charge is -2.04. The summed E-state index contributed by atoms with van der Waals surface area (Å²) in [7, 11) is 1.60. The van der Waals surface area contributed by atoms with Gasteiger partial charge in [0.25, 0.3) is 5.91 Å². The zero-order valence-corrected chi connectivity index (χ0v) is 13.6. The van der Waals surface area contributed by atoms with E-state index < -0.39 is 0 Å². The Labute approximate surface area is 143 Å². The zero-order valence-electron chi connectivity index (χ0n) is 12.8. The highest BCUT2D eigenvalue weighted by Gasteiger charge is 2.12. The third-order valence-corrected chi connectivity index (χ3v) is 3.65. The highest BCUT2D eigenvalue weighted by atomic mass is 35.5. The van der Waals surface area contributed by atoms with Crippen LogP contribution in [0.2, 0.25) is 5.02 Å². The summed E-state index contributed by atoms with van der Waals surface area (Å²) in [4.78, 5) is 12.1. The van der Waals surface area contributed by atoms with E-state index in [1.165, 1.54) is 0 Å². The number of nitrogens with zero attached hydrogens (tertiary/aromatic N) is 2. The molecule has 6 nitrogen and oxygen atoms in total. The number of carbonyl (C=O) groups is 1. The number of nitrogens with one attached hydrogen (secondary N) is 1. The summed E-state index contributed by atoms with van der Waals surface area (Å²) in [6.45, 7) is 0.118. The summed E-state index contributed by atoms with van der Waals surface area (Å²) in [5.74, 6) is 1.12. The largest absolute Gasteiger partial charge is 0.497 e. The molecule has 0 unspecified atom stereocenters. The van der Waals surface area contributed by atoms with Crippen LogP contribution in [0.25, 0.3) is 11.5 Å². The van der Waals surface area contributed by atoms with Crippen molar-refractivity contribution in [1.29, 1.82) is 0 Å². The Morgan fingerprint density at radius 3 is 2.62 bits per heavy atom. The first-order chi connectivity index (χ1) is 11.7. The first-order valence-electron chi connectivity index (χ1n) is 7.17. The molecule has 0 radical (unpaired) electrons. The number of carbonyl (C=O) groups excluding carboxylic acids is 1. The van der Waals surface area contributed by atoms with Gasteiger partial charge in [-0.1, -0.05) is 23.7 Å². The predicted octanol–water partition coefficient (Wildman–Crippen LogP) is 3.33. The van der Waals surface area contributed by atoms with Gasteiger partial charge < -0.3 is 14.5 Å². The fourth-order valence-electron chi connectivity index (χ4n) is 2.07. The van der Waals surface area contributed by atoms with E-state index in [2.05, 4.69) is 15.5 Å². The van der Waals surface area contributed by atoms with Crippen LogP contribution in [0.1, 0.15) is 16.2 Å². The molecule has 0 aliphatic carbocycles. The van der Waals surface area contributed by atoms with E-state index in [1.54, 1.807) is 43.5 Å². The minimum atomic E-state index is -0.301. The van der Waals surface area contributed by atoms with Crippen LogP contribution < -0.4 is 10.1 Å². The summed E-state index contributed by atoms with van der Waals surface area (Å²) < 4.78 is 10.7. The van der Waals surface area contributed by atoms with Gasteiger partial charge in [-0.25, -0.2) is 0 Å². The number of benzene rings is 2. The van der Waals surface area contributed by atoms with Gasteiger partial charge in [0.05, 0.1) is 24.2 Å². The van der Waals surface area contributed by atoms with Crippen LogP contribution in [0, 0.1) is 0 Å². The molecule has 0 atom stereocenters. The van der Waals surface area contributed by atoms with Crippen LogP contribution in [-0.4, -0.2) is 23.2 Å². The minimum absolute atomic E-state index is 0.118. The van der Waals surface area contributed by atoms with Crippen molar-refractivity contribution in [2.75, 3.05) is 7.11 Å². The topological polar surface area (TPSA) is 77.3 Å². The molecule has 2 aromatic carbocycles. The Morgan fingerprint density at radius 1 is 1.17 bits per heavy atom. The Hall–Kier alpha value is -2.86. The number of amides is 1. The molecule has 1 N–H and O–H groups in total. The van der Waals surface area contributed by atoms with Crippen molar-refractivity contribution in [3.05, 3.63) is 65.0 Å². The normalized spacial score (nSPS) is 10.4. The Bertz CT molecular complexity index is 846. The molecule has 7 heteroatoms. The second-order valence-electron chi connectivity index (χ2n) is 4.89. The average molecular weight is 344 g/mol. The van der Waals surface area contributed by atoms with E-state index in [0.717, 1.165) is 11.3 Å². The van der Waals surface area contributed by atoms with Gasteiger partial charge in [-0.2, -0.15) is 0 Å². The van der Waals surface area contributed by atoms with Gasteiger partial charge in [0.15, 0.2) is 0 Å². The lowest BCUT2D eigenvalue weighted by Crippen LogP contribution is -2.23. The fraction of sp³-hybridized carbons (Fsp3) is 0.118. The third kappa shape index (κ3) is 3.55. The van der Waals surface area contributed by atoms with Crippen molar-refractivity contribution in [1.82, 2.24) is 15.5 Å². The zero-order chi connectivity index (χ0) is 16.9. The van der Waals surface area contributed by atoms with Crippen LogP contribution in [0.3, 0.4) is 0 Å². The van der Waals surface area contributed by atoms with Crippen LogP contribution in [0.15, 0.2) is 52.9 Å². The van der Waals surface area contributed by atoms with Crippen LogP contribution in [0.5, 0.6) is 5.75 Å². The number of hydrogen-bond donors (Lipinski definition) is 1. The van der Waals surface area contributed by atoms with E-state index in [9.17, 15) is 4.79 Å². The number of rotatable bonds is 5. The fourth-order valence-corrected chi connectivity index (χ4v) is 2.29. The molecule has 1 heterocycles. The maximum absolute atomic E-state index is 12.1. The molecule has 0 fully saturated rings. The van der Waals surface area contributed by atoms with Crippen molar-refractivity contribution in [3.63, 3.8) is 0 Å². The second-order valence-corrected chi connectivity index (χ2v) is 5.30. The van der Waals surface area contributed by atoms with E-state index in [-0.39, 0.29) is 12.5 Å². The van der Waals surface area contributed by atoms with Gasteiger partial charge in [0.2, 0.25) is 11.8 Å². The Morgan fingerprint density at radius 2 is 1.92 bits per heavy atom. The molecule has 3 rings (SSSR count). The lowest BCUT2D eigenvalue weighted by atomic mass is 10.2. The summed E-state index contributed by atoms with van der Waals surface area (Å²) in [5, 5.41) is 11.0. The summed E-state index contributed by atoms with van der Waals surface area (Å²) in [6, 6.07) is 14.1. The molecule has 1 amide bonds. The molecule has 0 saturated carbocycles. The number of ether oxygens (including phenoxy) is 1. The smallest absolute Gasteiger partial charge is 0.253 e. The quantitative estimate of drug-likeness (QED) is 0.768. The molecule has 0 bridgehead atoms. The highest BCUT2D eigenvalue weighted by molar-refractivity contribution is 6.33. The molecule has 0 aliphatic heterocycles. The first-order valence-corrected chi connectivity index (χ1v) is 7.54. The van der Waals surface area contributed by atoms with Gasteiger partial charge in [-0.3, -0.25) is 4.79 Å². The maximum atomic E-state index is 12.1. The predicted molar refractivity (Wildman–Crippen MR) is 88.9 cm³/mol. The molecule has 0 saturated heterocycles. The molecular formula is C17H14ClN3O3. The minimum Gasteiger partial charge on any atom is -0.497 e. The summed E-state index contributed by atoms with van der Waals surface area (Å²) >= 11 is 5.99. The van der Waals surface area contributed by atoms with Crippen molar-refractivity contribution in [2.45, 2.75) is 6.54 Å². The number of hydrogen-bond acceptors (Lipinski definition) is 5. The van der Waals surface area contributed by atoms with Crippen molar-refractivity contribution < 1.29 is 13.9 Å². The van der Waals surface area contributed by atoms with Gasteiger partial charge >= 0.3 is 0 Å². The van der Waals surface area contributed by atoms with E-state index in [0.29, 0.717) is 22.4 Å². The van der Waals surface area contributed by atoms with E-state index >= 15 is 0 Å². The van der Waals surface area contributed by atoms with Gasteiger partial charge in [-0.05, 0) is 36.4 Å². The SMILES string of the molecule is COc1ccc(-c2nnc(CNC(=O)c3ccccc3Cl)o2)cc1. The highest BCUT2D eigenvalue weighted by Crippen LogP contribution is 2.21. The lowest BCUT2D eigenvalue weighted by molar-refractivity contribution is 0.0947. The maximum Gasteiger partial charge on any atom is 0.253 e. The second kappa shape index (κ2) is 7.14. The average Bonchev–Trinajstić information content (AvgIpc) is 3.09. The van der Waals surface area contributed by atoms with E-state index in [4.69, 9.17) is 20.8 Å². The number of halogens is 1. The Kier molecular flexibility index (Phi) is 4.77. The van der Waals surface area contributed by atoms with Crippen LogP contribution >= 0.6 is 11.6 Å². The van der Waals surface area contributed by atoms with Gasteiger partial charge in [0.1, 0.15) is 5.75 Å². The van der Waals surface area contributed by atoms with Gasteiger partial charge in [-0.15, -0.1) is 10.2 Å². The van der Waals surface area contributed by atoms with E-state index in [1.807, 2.05) is 12.1 Å². The Balaban J connectivity index is 1.66. The van der Waals surface area contributed by atoms with Crippen molar-refractivity contribution in [3.8, 4) is 17.2 Å². The molecule has 0 aliphatic rings. The molecule has 1 aromatic heterocycles.